The Labute approximate surface area is 207 Å². The average molecular weight is 504 g/mol. The first-order chi connectivity index (χ1) is 16.8. The van der Waals surface area contributed by atoms with Gasteiger partial charge in [-0.05, 0) is 65.9 Å². The second kappa shape index (κ2) is 11.1. The summed E-state index contributed by atoms with van der Waals surface area (Å²) < 4.78 is 42.5. The molecule has 5 nitrogen and oxygen atoms in total. The monoisotopic (exact) mass is 503 g/mol. The number of hydrogen-bond acceptors (Lipinski definition) is 5. The minimum absolute atomic E-state index is 0.219. The number of carbonyl (C=O) groups excluding carboxylic acids is 1. The number of hydrogen-bond donors (Lipinski definition) is 1. The molecule has 1 N–H and O–H groups in total. The molecule has 1 aliphatic rings. The zero-order valence-electron chi connectivity index (χ0n) is 19.5. The highest BCUT2D eigenvalue weighted by Crippen LogP contribution is 2.29. The number of ether oxygens (including phenoxy) is 1. The van der Waals surface area contributed by atoms with Crippen molar-refractivity contribution in [1.29, 1.82) is 0 Å². The van der Waals surface area contributed by atoms with Crippen LogP contribution in [0.25, 0.3) is 11.1 Å². The minimum Gasteiger partial charge on any atom is -0.494 e. The summed E-state index contributed by atoms with van der Waals surface area (Å²) in [4.78, 5) is 17.9. The topological polar surface area (TPSA) is 44.8 Å². The number of halogens is 3. The predicted molar refractivity (Wildman–Crippen MR) is 133 cm³/mol. The number of piperazine rings is 1. The third-order valence-corrected chi connectivity index (χ3v) is 6.75. The van der Waals surface area contributed by atoms with Gasteiger partial charge < -0.3 is 15.0 Å². The molecule has 0 atom stereocenters. The van der Waals surface area contributed by atoms with E-state index in [0.717, 1.165) is 49.7 Å². The van der Waals surface area contributed by atoms with E-state index in [1.54, 1.807) is 35.6 Å². The van der Waals surface area contributed by atoms with E-state index in [-0.39, 0.29) is 5.56 Å². The van der Waals surface area contributed by atoms with Gasteiger partial charge in [0.1, 0.15) is 12.3 Å². The second-order valence-corrected chi connectivity index (χ2v) is 9.37. The Morgan fingerprint density at radius 1 is 1.03 bits per heavy atom. The Morgan fingerprint density at radius 2 is 1.77 bits per heavy atom. The molecule has 0 spiro atoms. The molecule has 9 heteroatoms. The Balaban J connectivity index is 1.28. The quantitative estimate of drug-likeness (QED) is 0.445. The molecular weight excluding hydrogens is 475 g/mol. The molecular formula is C26H28F3N3O2S. The van der Waals surface area contributed by atoms with Gasteiger partial charge in [-0.25, -0.2) is 0 Å². The highest BCUT2D eigenvalue weighted by atomic mass is 32.1. The summed E-state index contributed by atoms with van der Waals surface area (Å²) in [6, 6.07) is 17.1. The smallest absolute Gasteiger partial charge is 0.405 e. The Bertz CT molecular complexity index is 1120. The molecule has 1 aromatic heterocycles. The lowest BCUT2D eigenvalue weighted by atomic mass is 10.1. The van der Waals surface area contributed by atoms with Crippen molar-refractivity contribution in [3.63, 3.8) is 0 Å². The van der Waals surface area contributed by atoms with E-state index < -0.39 is 18.6 Å². The molecule has 3 aromatic rings. The van der Waals surface area contributed by atoms with Crippen molar-refractivity contribution in [2.45, 2.75) is 19.6 Å². The standard InChI is InChI=1S/C26H28F3N3O2S/c1-2-34-23-5-3-4-20(14-23)21-15-24(35-17-21)16-31-10-12-32(13-11-31)22-8-6-19(7-9-22)25(33)30-18-26(27,28)29/h3-9,14-15,17H,2,10-13,16,18H2,1H3,(H,30,33). The second-order valence-electron chi connectivity index (χ2n) is 8.37. The van der Waals surface area contributed by atoms with Gasteiger partial charge in [-0.3, -0.25) is 9.69 Å². The van der Waals surface area contributed by atoms with Crippen LogP contribution in [0, 0.1) is 0 Å². The maximum atomic E-state index is 12.3. The molecule has 2 aromatic carbocycles. The molecule has 0 unspecified atom stereocenters. The number of rotatable bonds is 8. The van der Waals surface area contributed by atoms with Gasteiger partial charge in [0.15, 0.2) is 0 Å². The summed E-state index contributed by atoms with van der Waals surface area (Å²) in [5.41, 5.74) is 3.53. The van der Waals surface area contributed by atoms with Crippen LogP contribution in [0.3, 0.4) is 0 Å². The first-order valence-corrected chi connectivity index (χ1v) is 12.4. The molecule has 2 heterocycles. The molecule has 0 bridgehead atoms. The van der Waals surface area contributed by atoms with Gasteiger partial charge in [-0.2, -0.15) is 13.2 Å². The van der Waals surface area contributed by atoms with Gasteiger partial charge in [0.25, 0.3) is 5.91 Å². The molecule has 1 saturated heterocycles. The van der Waals surface area contributed by atoms with Crippen LogP contribution in [-0.4, -0.2) is 56.3 Å². The number of benzene rings is 2. The molecule has 0 saturated carbocycles. The Morgan fingerprint density at radius 3 is 2.46 bits per heavy atom. The summed E-state index contributed by atoms with van der Waals surface area (Å²) in [6.45, 7) is 5.67. The maximum absolute atomic E-state index is 12.3. The third kappa shape index (κ3) is 6.99. The molecule has 35 heavy (non-hydrogen) atoms. The zero-order chi connectivity index (χ0) is 24.8. The molecule has 1 aliphatic heterocycles. The van der Waals surface area contributed by atoms with E-state index in [1.807, 2.05) is 24.4 Å². The van der Waals surface area contributed by atoms with Crippen LogP contribution in [0.4, 0.5) is 18.9 Å². The van der Waals surface area contributed by atoms with E-state index in [2.05, 4.69) is 33.4 Å². The van der Waals surface area contributed by atoms with Crippen molar-refractivity contribution in [1.82, 2.24) is 10.2 Å². The zero-order valence-corrected chi connectivity index (χ0v) is 20.3. The van der Waals surface area contributed by atoms with E-state index in [1.165, 1.54) is 10.4 Å². The van der Waals surface area contributed by atoms with Crippen LogP contribution < -0.4 is 15.0 Å². The molecule has 0 aliphatic carbocycles. The van der Waals surface area contributed by atoms with Crippen molar-refractivity contribution in [2.24, 2.45) is 0 Å². The van der Waals surface area contributed by atoms with E-state index in [4.69, 9.17) is 4.74 Å². The number of nitrogens with one attached hydrogen (secondary N) is 1. The van der Waals surface area contributed by atoms with Crippen LogP contribution in [0.2, 0.25) is 0 Å². The normalized spacial score (nSPS) is 14.7. The van der Waals surface area contributed by atoms with Gasteiger partial charge >= 0.3 is 6.18 Å². The Kier molecular flexibility index (Phi) is 7.97. The number of amides is 1. The molecule has 4 rings (SSSR count). The summed E-state index contributed by atoms with van der Waals surface area (Å²) in [7, 11) is 0. The SMILES string of the molecule is CCOc1cccc(-c2csc(CN3CCN(c4ccc(C(=O)NCC(F)(F)F)cc4)CC3)c2)c1. The van der Waals surface area contributed by atoms with Crippen molar-refractivity contribution in [3.8, 4) is 16.9 Å². The largest absolute Gasteiger partial charge is 0.494 e. The first kappa shape index (κ1) is 25.1. The van der Waals surface area contributed by atoms with Crippen LogP contribution in [0.1, 0.15) is 22.2 Å². The van der Waals surface area contributed by atoms with Crippen molar-refractivity contribution >= 4 is 22.9 Å². The molecule has 1 amide bonds. The average Bonchev–Trinajstić information content (AvgIpc) is 3.32. The number of anilines is 1. The molecule has 186 valence electrons. The summed E-state index contributed by atoms with van der Waals surface area (Å²) in [5.74, 6) is 0.155. The van der Waals surface area contributed by atoms with Crippen molar-refractivity contribution < 1.29 is 22.7 Å². The lowest BCUT2D eigenvalue weighted by Gasteiger charge is -2.36. The van der Waals surface area contributed by atoms with Crippen LogP contribution in [0.15, 0.2) is 60.0 Å². The molecule has 0 radical (unpaired) electrons. The third-order valence-electron chi connectivity index (χ3n) is 5.83. The summed E-state index contributed by atoms with van der Waals surface area (Å²) >= 11 is 1.76. The van der Waals surface area contributed by atoms with E-state index in [0.29, 0.717) is 6.61 Å². The van der Waals surface area contributed by atoms with Crippen molar-refractivity contribution in [2.75, 3.05) is 44.2 Å². The van der Waals surface area contributed by atoms with Gasteiger partial charge in [-0.15, -0.1) is 11.3 Å². The fourth-order valence-corrected chi connectivity index (χ4v) is 4.97. The summed E-state index contributed by atoms with van der Waals surface area (Å²) in [6.07, 6.45) is -4.42. The van der Waals surface area contributed by atoms with Crippen LogP contribution in [0.5, 0.6) is 5.75 Å². The first-order valence-electron chi connectivity index (χ1n) is 11.5. The highest BCUT2D eigenvalue weighted by molar-refractivity contribution is 7.10. The number of carbonyl (C=O) groups is 1. The van der Waals surface area contributed by atoms with Crippen LogP contribution in [-0.2, 0) is 6.54 Å². The van der Waals surface area contributed by atoms with Gasteiger partial charge in [0, 0.05) is 48.9 Å². The van der Waals surface area contributed by atoms with E-state index >= 15 is 0 Å². The van der Waals surface area contributed by atoms with Gasteiger partial charge in [-0.1, -0.05) is 12.1 Å². The predicted octanol–water partition coefficient (Wildman–Crippen LogP) is 5.43. The van der Waals surface area contributed by atoms with Gasteiger partial charge in [0.05, 0.1) is 6.61 Å². The van der Waals surface area contributed by atoms with Gasteiger partial charge in [0.2, 0.25) is 0 Å². The number of alkyl halides is 3. The van der Waals surface area contributed by atoms with Crippen LogP contribution >= 0.6 is 11.3 Å². The number of nitrogens with zero attached hydrogens (tertiary/aromatic N) is 2. The lowest BCUT2D eigenvalue weighted by Crippen LogP contribution is -2.45. The summed E-state index contributed by atoms with van der Waals surface area (Å²) in [5, 5.41) is 4.08. The number of thiophene rings is 1. The fraction of sp³-hybridized carbons (Fsp3) is 0.346. The maximum Gasteiger partial charge on any atom is 0.405 e. The van der Waals surface area contributed by atoms with E-state index in [9.17, 15) is 18.0 Å². The lowest BCUT2D eigenvalue weighted by molar-refractivity contribution is -0.123. The molecule has 1 fully saturated rings. The fourth-order valence-electron chi connectivity index (χ4n) is 4.04. The highest BCUT2D eigenvalue weighted by Gasteiger charge is 2.28. The van der Waals surface area contributed by atoms with Crippen molar-refractivity contribution in [3.05, 3.63) is 70.4 Å². The minimum atomic E-state index is -4.42. The Hall–Kier alpha value is -3.04.